The molecule has 0 unspecified atom stereocenters. The number of ether oxygens (including phenoxy) is 1. The summed E-state index contributed by atoms with van der Waals surface area (Å²) in [5.41, 5.74) is 6.73. The predicted molar refractivity (Wildman–Crippen MR) is 86.2 cm³/mol. The minimum Gasteiger partial charge on any atom is -0.484 e. The quantitative estimate of drug-likeness (QED) is 0.753. The molecule has 1 aromatic heterocycles. The van der Waals surface area contributed by atoms with Crippen LogP contribution in [0.1, 0.15) is 11.1 Å². The number of hydrogen-bond donors (Lipinski definition) is 2. The molecule has 0 aliphatic rings. The average Bonchev–Trinajstić information content (AvgIpc) is 2.57. The summed E-state index contributed by atoms with van der Waals surface area (Å²) in [6.07, 6.45) is 6.47. The first-order valence-electron chi connectivity index (χ1n) is 6.99. The molecule has 2 aromatic rings. The minimum atomic E-state index is -0.541. The fourth-order valence-electron chi connectivity index (χ4n) is 1.79. The van der Waals surface area contributed by atoms with Crippen molar-refractivity contribution in [2.75, 3.05) is 6.61 Å². The number of primary amides is 1. The number of carbonyl (C=O) groups is 2. The first-order chi connectivity index (χ1) is 11.1. The molecule has 0 bridgehead atoms. The number of hydrogen-bond acceptors (Lipinski definition) is 4. The lowest BCUT2D eigenvalue weighted by atomic mass is 10.2. The molecular formula is C17H17N3O3. The summed E-state index contributed by atoms with van der Waals surface area (Å²) in [6, 6.07) is 10.7. The molecule has 6 nitrogen and oxygen atoms in total. The van der Waals surface area contributed by atoms with Crippen molar-refractivity contribution < 1.29 is 14.3 Å². The van der Waals surface area contributed by atoms with Gasteiger partial charge in [-0.3, -0.25) is 14.6 Å². The van der Waals surface area contributed by atoms with Gasteiger partial charge in [0, 0.05) is 25.0 Å². The van der Waals surface area contributed by atoms with Crippen molar-refractivity contribution in [2.45, 2.75) is 6.54 Å². The zero-order chi connectivity index (χ0) is 16.5. The smallest absolute Gasteiger partial charge is 0.255 e. The van der Waals surface area contributed by atoms with Crippen molar-refractivity contribution in [1.29, 1.82) is 0 Å². The van der Waals surface area contributed by atoms with Crippen molar-refractivity contribution in [1.82, 2.24) is 10.3 Å². The summed E-state index contributed by atoms with van der Waals surface area (Å²) < 4.78 is 5.20. The summed E-state index contributed by atoms with van der Waals surface area (Å²) in [5.74, 6) is -0.236. The van der Waals surface area contributed by atoms with E-state index in [0.717, 1.165) is 11.1 Å². The lowest BCUT2D eigenvalue weighted by Crippen LogP contribution is -2.20. The number of benzene rings is 1. The largest absolute Gasteiger partial charge is 0.484 e. The van der Waals surface area contributed by atoms with Crippen LogP contribution in [0.15, 0.2) is 54.9 Å². The van der Waals surface area contributed by atoms with Crippen LogP contribution in [-0.4, -0.2) is 23.4 Å². The van der Waals surface area contributed by atoms with Gasteiger partial charge in [0.25, 0.3) is 5.91 Å². The summed E-state index contributed by atoms with van der Waals surface area (Å²) in [4.78, 5) is 26.4. The van der Waals surface area contributed by atoms with Crippen LogP contribution in [0.25, 0.3) is 6.08 Å². The van der Waals surface area contributed by atoms with E-state index in [1.165, 1.54) is 6.08 Å². The number of amides is 2. The molecule has 0 saturated carbocycles. The van der Waals surface area contributed by atoms with Crippen molar-refractivity contribution >= 4 is 17.9 Å². The first-order valence-corrected chi connectivity index (χ1v) is 6.99. The van der Waals surface area contributed by atoms with E-state index in [4.69, 9.17) is 10.5 Å². The van der Waals surface area contributed by atoms with Gasteiger partial charge < -0.3 is 15.8 Å². The summed E-state index contributed by atoms with van der Waals surface area (Å²) in [6.45, 7) is 0.234. The molecule has 6 heteroatoms. The van der Waals surface area contributed by atoms with Gasteiger partial charge in [0.2, 0.25) is 5.91 Å². The highest BCUT2D eigenvalue weighted by atomic mass is 16.5. The first kappa shape index (κ1) is 16.2. The third-order valence-corrected chi connectivity index (χ3v) is 2.86. The van der Waals surface area contributed by atoms with E-state index in [0.29, 0.717) is 12.3 Å². The average molecular weight is 311 g/mol. The van der Waals surface area contributed by atoms with Gasteiger partial charge in [0.05, 0.1) is 0 Å². The molecule has 1 aromatic carbocycles. The third kappa shape index (κ3) is 6.01. The Balaban J connectivity index is 1.87. The Morgan fingerprint density at radius 3 is 2.87 bits per heavy atom. The maximum absolute atomic E-state index is 11.8. The molecule has 118 valence electrons. The van der Waals surface area contributed by atoms with E-state index in [2.05, 4.69) is 10.3 Å². The van der Waals surface area contributed by atoms with Crippen LogP contribution in [0.3, 0.4) is 0 Å². The van der Waals surface area contributed by atoms with E-state index >= 15 is 0 Å². The zero-order valence-corrected chi connectivity index (χ0v) is 12.4. The van der Waals surface area contributed by atoms with E-state index in [-0.39, 0.29) is 12.5 Å². The predicted octanol–water partition coefficient (Wildman–Crippen LogP) is 1.28. The molecule has 23 heavy (non-hydrogen) atoms. The Morgan fingerprint density at radius 1 is 1.26 bits per heavy atom. The fourth-order valence-corrected chi connectivity index (χ4v) is 1.79. The van der Waals surface area contributed by atoms with Crippen molar-refractivity contribution in [3.05, 3.63) is 66.0 Å². The van der Waals surface area contributed by atoms with Crippen LogP contribution in [0.4, 0.5) is 0 Å². The molecule has 0 atom stereocenters. The number of pyridine rings is 1. The number of nitrogens with one attached hydrogen (secondary N) is 1. The maximum atomic E-state index is 11.8. The van der Waals surface area contributed by atoms with Crippen molar-refractivity contribution in [3.63, 3.8) is 0 Å². The second kappa shape index (κ2) is 8.33. The maximum Gasteiger partial charge on any atom is 0.255 e. The van der Waals surface area contributed by atoms with Crippen molar-refractivity contribution in [2.24, 2.45) is 5.73 Å². The second-order valence-corrected chi connectivity index (χ2v) is 4.74. The van der Waals surface area contributed by atoms with E-state index in [1.807, 2.05) is 18.2 Å². The summed E-state index contributed by atoms with van der Waals surface area (Å²) >= 11 is 0. The molecule has 0 fully saturated rings. The minimum absolute atomic E-state index is 0.182. The zero-order valence-electron chi connectivity index (χ0n) is 12.4. The Kier molecular flexibility index (Phi) is 5.88. The number of nitrogens with zero attached hydrogens (tertiary/aromatic N) is 1. The Morgan fingerprint density at radius 2 is 2.13 bits per heavy atom. The highest BCUT2D eigenvalue weighted by molar-refractivity contribution is 5.91. The number of carbonyl (C=O) groups excluding carboxylic acids is 2. The van der Waals surface area contributed by atoms with Gasteiger partial charge in [0.1, 0.15) is 5.75 Å². The van der Waals surface area contributed by atoms with Crippen LogP contribution in [0, 0.1) is 0 Å². The lowest BCUT2D eigenvalue weighted by molar-refractivity contribution is -0.120. The molecule has 1 heterocycles. The molecule has 0 saturated heterocycles. The highest BCUT2D eigenvalue weighted by Gasteiger charge is 1.99. The van der Waals surface area contributed by atoms with Gasteiger partial charge in [0.15, 0.2) is 6.61 Å². The lowest BCUT2D eigenvalue weighted by Gasteiger charge is -2.04. The monoisotopic (exact) mass is 311 g/mol. The highest BCUT2D eigenvalue weighted by Crippen LogP contribution is 2.14. The molecule has 0 radical (unpaired) electrons. The van der Waals surface area contributed by atoms with E-state index in [1.54, 1.807) is 36.7 Å². The molecule has 2 rings (SSSR count). The fraction of sp³-hybridized carbons (Fsp3) is 0.118. The number of rotatable bonds is 7. The normalized spacial score (nSPS) is 10.4. The van der Waals surface area contributed by atoms with Crippen LogP contribution in [0.2, 0.25) is 0 Å². The van der Waals surface area contributed by atoms with Crippen LogP contribution >= 0.6 is 0 Å². The number of nitrogens with two attached hydrogens (primary N) is 1. The number of aromatic nitrogens is 1. The van der Waals surface area contributed by atoms with Crippen LogP contribution in [-0.2, 0) is 16.1 Å². The molecule has 0 aliphatic carbocycles. The molecule has 0 aliphatic heterocycles. The SMILES string of the molecule is NC(=O)COc1cccc(/C=C/C(=O)NCc2cccnc2)c1. The topological polar surface area (TPSA) is 94.3 Å². The van der Waals surface area contributed by atoms with Gasteiger partial charge in [-0.25, -0.2) is 0 Å². The molecule has 0 spiro atoms. The van der Waals surface area contributed by atoms with Gasteiger partial charge >= 0.3 is 0 Å². The summed E-state index contributed by atoms with van der Waals surface area (Å²) in [7, 11) is 0. The van der Waals surface area contributed by atoms with E-state index in [9.17, 15) is 9.59 Å². The van der Waals surface area contributed by atoms with Gasteiger partial charge in [-0.05, 0) is 35.4 Å². The van der Waals surface area contributed by atoms with Gasteiger partial charge in [-0.1, -0.05) is 18.2 Å². The molecular weight excluding hydrogens is 294 g/mol. The van der Waals surface area contributed by atoms with Gasteiger partial charge in [-0.2, -0.15) is 0 Å². The Labute approximate surface area is 134 Å². The van der Waals surface area contributed by atoms with E-state index < -0.39 is 5.91 Å². The van der Waals surface area contributed by atoms with Crippen LogP contribution in [0.5, 0.6) is 5.75 Å². The Hall–Kier alpha value is -3.15. The van der Waals surface area contributed by atoms with Gasteiger partial charge in [-0.15, -0.1) is 0 Å². The summed E-state index contributed by atoms with van der Waals surface area (Å²) in [5, 5.41) is 2.77. The third-order valence-electron chi connectivity index (χ3n) is 2.86. The van der Waals surface area contributed by atoms with Crippen LogP contribution < -0.4 is 15.8 Å². The Bertz CT molecular complexity index is 699. The molecule has 3 N–H and O–H groups in total. The second-order valence-electron chi connectivity index (χ2n) is 4.74. The van der Waals surface area contributed by atoms with Crippen molar-refractivity contribution in [3.8, 4) is 5.75 Å². The standard InChI is InChI=1S/C17H17N3O3/c18-16(21)12-23-15-5-1-3-13(9-15)6-7-17(22)20-11-14-4-2-8-19-10-14/h1-10H,11-12H2,(H2,18,21)(H,20,22)/b7-6+. The molecule has 2 amide bonds.